The molecule has 2 N–H and O–H groups in total. The van der Waals surface area contributed by atoms with E-state index in [1.807, 2.05) is 25.4 Å². The molecule has 1 unspecified atom stereocenters. The Balaban J connectivity index is 2.43. The second-order valence-corrected chi connectivity index (χ2v) is 5.84. The van der Waals surface area contributed by atoms with Crippen molar-refractivity contribution in [2.75, 3.05) is 13.6 Å². The van der Waals surface area contributed by atoms with Gasteiger partial charge in [0.15, 0.2) is 0 Å². The Morgan fingerprint density at radius 3 is 2.93 bits per heavy atom. The van der Waals surface area contributed by atoms with E-state index in [1.165, 1.54) is 0 Å². The lowest BCUT2D eigenvalue weighted by molar-refractivity contribution is 0.0951. The van der Waals surface area contributed by atoms with E-state index in [0.717, 1.165) is 8.45 Å². The molecular formula is C9H13IN2OS. The van der Waals surface area contributed by atoms with Crippen molar-refractivity contribution in [3.63, 3.8) is 0 Å². The van der Waals surface area contributed by atoms with Gasteiger partial charge in [0.2, 0.25) is 0 Å². The highest BCUT2D eigenvalue weighted by Gasteiger charge is 2.08. The topological polar surface area (TPSA) is 41.1 Å². The molecule has 0 saturated carbocycles. The molecule has 0 aromatic carbocycles. The average molecular weight is 324 g/mol. The lowest BCUT2D eigenvalue weighted by Gasteiger charge is -2.10. The van der Waals surface area contributed by atoms with E-state index >= 15 is 0 Å². The Kier molecular flexibility index (Phi) is 4.83. The van der Waals surface area contributed by atoms with Gasteiger partial charge in [0.1, 0.15) is 0 Å². The second-order valence-electron chi connectivity index (χ2n) is 3.04. The molecule has 1 aromatic heterocycles. The van der Waals surface area contributed by atoms with Gasteiger partial charge in [-0.3, -0.25) is 4.79 Å². The van der Waals surface area contributed by atoms with Crippen LogP contribution in [0.1, 0.15) is 17.3 Å². The summed E-state index contributed by atoms with van der Waals surface area (Å²) in [5.74, 6) is 0.00580. The molecule has 1 atom stereocenters. The van der Waals surface area contributed by atoms with E-state index in [0.29, 0.717) is 12.6 Å². The zero-order valence-corrected chi connectivity index (χ0v) is 11.1. The molecule has 0 aliphatic heterocycles. The minimum Gasteiger partial charge on any atom is -0.350 e. The van der Waals surface area contributed by atoms with Crippen LogP contribution >= 0.6 is 33.9 Å². The number of carbonyl (C=O) groups excluding carboxylic acids is 1. The van der Waals surface area contributed by atoms with Gasteiger partial charge < -0.3 is 10.6 Å². The number of carbonyl (C=O) groups is 1. The molecule has 14 heavy (non-hydrogen) atoms. The average Bonchev–Trinajstić information content (AvgIpc) is 2.60. The number of rotatable bonds is 4. The van der Waals surface area contributed by atoms with Gasteiger partial charge in [0.25, 0.3) is 5.91 Å². The third-order valence-electron chi connectivity index (χ3n) is 1.89. The third-order valence-corrected chi connectivity index (χ3v) is 3.68. The lowest BCUT2D eigenvalue weighted by atomic mass is 10.3. The monoisotopic (exact) mass is 324 g/mol. The Bertz CT molecular complexity index is 314. The van der Waals surface area contributed by atoms with E-state index in [4.69, 9.17) is 0 Å². The Labute approximate surface area is 101 Å². The van der Waals surface area contributed by atoms with Crippen molar-refractivity contribution in [2.45, 2.75) is 13.0 Å². The molecule has 0 bridgehead atoms. The highest BCUT2D eigenvalue weighted by molar-refractivity contribution is 14.1. The quantitative estimate of drug-likeness (QED) is 0.828. The maximum Gasteiger partial charge on any atom is 0.252 e. The predicted molar refractivity (Wildman–Crippen MR) is 67.9 cm³/mol. The van der Waals surface area contributed by atoms with Crippen LogP contribution in [-0.4, -0.2) is 25.5 Å². The second kappa shape index (κ2) is 5.67. The van der Waals surface area contributed by atoms with Gasteiger partial charge in [-0.05, 0) is 42.6 Å². The standard InChI is InChI=1S/C9H13IN2OS/c1-6(11-2)4-12-9(13)7-3-8(10)14-5-7/h3,5-6,11H,4H2,1-2H3,(H,12,13). The van der Waals surface area contributed by atoms with Crippen molar-refractivity contribution in [2.24, 2.45) is 0 Å². The summed E-state index contributed by atoms with van der Waals surface area (Å²) in [4.78, 5) is 11.5. The number of nitrogens with one attached hydrogen (secondary N) is 2. The molecule has 1 amide bonds. The SMILES string of the molecule is CNC(C)CNC(=O)c1csc(I)c1. The van der Waals surface area contributed by atoms with Crippen LogP contribution < -0.4 is 10.6 Å². The summed E-state index contributed by atoms with van der Waals surface area (Å²) < 4.78 is 1.13. The fraction of sp³-hybridized carbons (Fsp3) is 0.444. The molecule has 0 radical (unpaired) electrons. The first-order chi connectivity index (χ1) is 6.63. The molecule has 1 aromatic rings. The van der Waals surface area contributed by atoms with Crippen LogP contribution in [0, 0.1) is 2.88 Å². The number of likely N-dealkylation sites (N-methyl/N-ethyl adjacent to an activating group) is 1. The number of amides is 1. The molecule has 0 aliphatic rings. The molecule has 0 spiro atoms. The minimum atomic E-state index is 0.00580. The van der Waals surface area contributed by atoms with Gasteiger partial charge >= 0.3 is 0 Å². The molecule has 0 saturated heterocycles. The molecule has 5 heteroatoms. The van der Waals surface area contributed by atoms with Crippen LogP contribution in [0.4, 0.5) is 0 Å². The van der Waals surface area contributed by atoms with Gasteiger partial charge in [-0.1, -0.05) is 0 Å². The smallest absolute Gasteiger partial charge is 0.252 e. The van der Waals surface area contributed by atoms with E-state index in [2.05, 4.69) is 33.2 Å². The van der Waals surface area contributed by atoms with Gasteiger partial charge in [0, 0.05) is 18.0 Å². The summed E-state index contributed by atoms with van der Waals surface area (Å²) in [6.07, 6.45) is 0. The Hall–Kier alpha value is -0.140. The normalized spacial score (nSPS) is 12.5. The Morgan fingerprint density at radius 1 is 1.71 bits per heavy atom. The summed E-state index contributed by atoms with van der Waals surface area (Å²) in [5.41, 5.74) is 0.753. The third kappa shape index (κ3) is 3.55. The molecular weight excluding hydrogens is 311 g/mol. The van der Waals surface area contributed by atoms with Crippen LogP contribution in [-0.2, 0) is 0 Å². The summed E-state index contributed by atoms with van der Waals surface area (Å²) in [6.45, 7) is 2.68. The van der Waals surface area contributed by atoms with Crippen molar-refractivity contribution in [1.82, 2.24) is 10.6 Å². The number of hydrogen-bond acceptors (Lipinski definition) is 3. The summed E-state index contributed by atoms with van der Waals surface area (Å²) in [5, 5.41) is 7.80. The van der Waals surface area contributed by atoms with Gasteiger partial charge in [0.05, 0.1) is 8.45 Å². The molecule has 0 aliphatic carbocycles. The molecule has 1 heterocycles. The Morgan fingerprint density at radius 2 is 2.43 bits per heavy atom. The zero-order valence-electron chi connectivity index (χ0n) is 8.13. The minimum absolute atomic E-state index is 0.00580. The highest BCUT2D eigenvalue weighted by atomic mass is 127. The molecule has 78 valence electrons. The first-order valence-corrected chi connectivity index (χ1v) is 6.29. The summed E-state index contributed by atoms with van der Waals surface area (Å²) >= 11 is 3.79. The maximum absolute atomic E-state index is 11.5. The van der Waals surface area contributed by atoms with E-state index < -0.39 is 0 Å². The van der Waals surface area contributed by atoms with Crippen LogP contribution in [0.5, 0.6) is 0 Å². The fourth-order valence-electron chi connectivity index (χ4n) is 0.879. The highest BCUT2D eigenvalue weighted by Crippen LogP contribution is 2.16. The van der Waals surface area contributed by atoms with Crippen LogP contribution in [0.25, 0.3) is 0 Å². The summed E-state index contributed by atoms with van der Waals surface area (Å²) in [6, 6.07) is 2.20. The van der Waals surface area contributed by atoms with Gasteiger partial charge in [-0.15, -0.1) is 11.3 Å². The number of halogens is 1. The fourth-order valence-corrected chi connectivity index (χ4v) is 2.21. The van der Waals surface area contributed by atoms with Crippen LogP contribution in [0.2, 0.25) is 0 Å². The molecule has 0 fully saturated rings. The van der Waals surface area contributed by atoms with Crippen molar-refractivity contribution < 1.29 is 4.79 Å². The number of thiophene rings is 1. The number of hydrogen-bond donors (Lipinski definition) is 2. The first kappa shape index (κ1) is 11.9. The zero-order chi connectivity index (χ0) is 10.6. The largest absolute Gasteiger partial charge is 0.350 e. The van der Waals surface area contributed by atoms with Gasteiger partial charge in [-0.25, -0.2) is 0 Å². The first-order valence-electron chi connectivity index (χ1n) is 4.33. The van der Waals surface area contributed by atoms with Crippen LogP contribution in [0.3, 0.4) is 0 Å². The predicted octanol–water partition coefficient (Wildman–Crippen LogP) is 1.69. The van der Waals surface area contributed by atoms with E-state index in [1.54, 1.807) is 11.3 Å². The lowest BCUT2D eigenvalue weighted by Crippen LogP contribution is -2.36. The maximum atomic E-state index is 11.5. The van der Waals surface area contributed by atoms with Crippen molar-refractivity contribution in [3.8, 4) is 0 Å². The van der Waals surface area contributed by atoms with Gasteiger partial charge in [-0.2, -0.15) is 0 Å². The van der Waals surface area contributed by atoms with Crippen molar-refractivity contribution in [1.29, 1.82) is 0 Å². The summed E-state index contributed by atoms with van der Waals surface area (Å²) in [7, 11) is 1.88. The van der Waals surface area contributed by atoms with Crippen molar-refractivity contribution >= 4 is 39.8 Å². The molecule has 1 rings (SSSR count). The van der Waals surface area contributed by atoms with E-state index in [-0.39, 0.29) is 5.91 Å². The molecule has 3 nitrogen and oxygen atoms in total. The van der Waals surface area contributed by atoms with Crippen molar-refractivity contribution in [3.05, 3.63) is 19.9 Å². The van der Waals surface area contributed by atoms with E-state index in [9.17, 15) is 4.79 Å². The van der Waals surface area contributed by atoms with Crippen LogP contribution in [0.15, 0.2) is 11.4 Å².